The number of aromatic nitrogens is 2. The van der Waals surface area contributed by atoms with E-state index >= 15 is 0 Å². The summed E-state index contributed by atoms with van der Waals surface area (Å²) in [6, 6.07) is 12.7. The molecule has 0 aliphatic rings. The first-order valence-electron chi connectivity index (χ1n) is 9.78. The summed E-state index contributed by atoms with van der Waals surface area (Å²) in [4.78, 5) is 20.2. The van der Waals surface area contributed by atoms with Crippen LogP contribution in [0.2, 0.25) is 0 Å². The zero-order valence-electron chi connectivity index (χ0n) is 17.1. The molecule has 0 spiro atoms. The molecule has 0 N–H and O–H groups in total. The lowest BCUT2D eigenvalue weighted by Crippen LogP contribution is -2.21. The van der Waals surface area contributed by atoms with E-state index in [0.29, 0.717) is 29.1 Å². The van der Waals surface area contributed by atoms with Gasteiger partial charge in [0.05, 0.1) is 16.7 Å². The smallest absolute Gasteiger partial charge is 0.417 e. The van der Waals surface area contributed by atoms with Crippen molar-refractivity contribution >= 4 is 16.7 Å². The van der Waals surface area contributed by atoms with E-state index in [2.05, 4.69) is 9.97 Å². The van der Waals surface area contributed by atoms with Gasteiger partial charge >= 0.3 is 18.3 Å². The molecule has 0 aliphatic heterocycles. The van der Waals surface area contributed by atoms with E-state index in [1.807, 2.05) is 0 Å². The first kappa shape index (κ1) is 23.2. The van der Waals surface area contributed by atoms with Crippen molar-refractivity contribution in [3.05, 3.63) is 107 Å². The van der Waals surface area contributed by atoms with Gasteiger partial charge in [-0.05, 0) is 22.9 Å². The number of nitrogens with zero attached hydrogens (tertiary/aromatic N) is 2. The number of halogens is 6. The van der Waals surface area contributed by atoms with Crippen molar-refractivity contribution in [2.75, 3.05) is 0 Å². The van der Waals surface area contributed by atoms with Crippen molar-refractivity contribution in [2.24, 2.45) is 0 Å². The second kappa shape index (κ2) is 8.77. The molecule has 1 atom stereocenters. The molecular weight excluding hydrogens is 462 g/mol. The highest BCUT2D eigenvalue weighted by Crippen LogP contribution is 2.40. The predicted octanol–water partition coefficient (Wildman–Crippen LogP) is 6.61. The molecule has 10 heteroatoms. The number of esters is 1. The summed E-state index contributed by atoms with van der Waals surface area (Å²) in [5.41, 5.74) is -3.72. The number of carbonyl (C=O) groups excluding carboxylic acids is 1. The number of pyridine rings is 2. The minimum atomic E-state index is -4.91. The van der Waals surface area contributed by atoms with Crippen molar-refractivity contribution < 1.29 is 35.9 Å². The predicted molar refractivity (Wildman–Crippen MR) is 110 cm³/mol. The number of rotatable bonds is 4. The Labute approximate surface area is 188 Å². The number of alkyl halides is 6. The highest BCUT2D eigenvalue weighted by Gasteiger charge is 2.39. The molecule has 0 radical (unpaired) electrons. The number of benzene rings is 2. The summed E-state index contributed by atoms with van der Waals surface area (Å²) in [7, 11) is 0. The van der Waals surface area contributed by atoms with Gasteiger partial charge in [0.2, 0.25) is 0 Å². The average Bonchev–Trinajstić information content (AvgIpc) is 2.81. The Morgan fingerprint density at radius 1 is 0.735 bits per heavy atom. The number of fused-ring (bicyclic) bond motifs is 1. The standard InChI is InChI=1S/C24H14F6N2O2/c25-23(26,27)19-8-10-31-12-17(19)21(16-7-3-5-14-4-1-2-6-15(14)16)34-22(33)18-13-32-11-9-20(18)24(28,29)30/h1-13,21H. The van der Waals surface area contributed by atoms with E-state index in [-0.39, 0.29) is 5.56 Å². The molecule has 4 nitrogen and oxygen atoms in total. The fourth-order valence-electron chi connectivity index (χ4n) is 3.62. The van der Waals surface area contributed by atoms with Gasteiger partial charge in [-0.25, -0.2) is 4.79 Å². The molecule has 2 aromatic heterocycles. The van der Waals surface area contributed by atoms with Crippen LogP contribution in [0.5, 0.6) is 0 Å². The summed E-state index contributed by atoms with van der Waals surface area (Å²) < 4.78 is 87.0. The molecule has 2 aromatic carbocycles. The fraction of sp³-hybridized carbons (Fsp3) is 0.125. The van der Waals surface area contributed by atoms with Gasteiger partial charge in [0.1, 0.15) is 0 Å². The molecular formula is C24H14F6N2O2. The fourth-order valence-corrected chi connectivity index (χ4v) is 3.62. The van der Waals surface area contributed by atoms with Crippen LogP contribution >= 0.6 is 0 Å². The maximum Gasteiger partial charge on any atom is 0.417 e. The summed E-state index contributed by atoms with van der Waals surface area (Å²) >= 11 is 0. The van der Waals surface area contributed by atoms with Gasteiger partial charge < -0.3 is 4.74 Å². The third-order valence-electron chi connectivity index (χ3n) is 5.12. The van der Waals surface area contributed by atoms with Gasteiger partial charge in [-0.15, -0.1) is 0 Å². The van der Waals surface area contributed by atoms with Crippen LogP contribution in [0.15, 0.2) is 79.4 Å². The summed E-state index contributed by atoms with van der Waals surface area (Å²) in [6.07, 6.45) is -8.11. The van der Waals surface area contributed by atoms with Crippen LogP contribution in [0.25, 0.3) is 10.8 Å². The van der Waals surface area contributed by atoms with Crippen molar-refractivity contribution in [2.45, 2.75) is 18.5 Å². The van der Waals surface area contributed by atoms with E-state index in [1.165, 1.54) is 6.07 Å². The van der Waals surface area contributed by atoms with E-state index in [4.69, 9.17) is 4.74 Å². The van der Waals surface area contributed by atoms with Gasteiger partial charge in [0.15, 0.2) is 6.10 Å². The molecule has 0 aliphatic carbocycles. The molecule has 0 saturated carbocycles. The number of hydrogen-bond acceptors (Lipinski definition) is 4. The van der Waals surface area contributed by atoms with Crippen LogP contribution in [-0.2, 0) is 17.1 Å². The van der Waals surface area contributed by atoms with Crippen LogP contribution in [0, 0.1) is 0 Å². The lowest BCUT2D eigenvalue weighted by atomic mass is 9.93. The summed E-state index contributed by atoms with van der Waals surface area (Å²) in [5.74, 6) is -1.48. The Kier molecular flexibility index (Phi) is 5.99. The quantitative estimate of drug-likeness (QED) is 0.246. The van der Waals surface area contributed by atoms with E-state index in [9.17, 15) is 31.1 Å². The van der Waals surface area contributed by atoms with Gasteiger partial charge in [-0.3, -0.25) is 9.97 Å². The third kappa shape index (κ3) is 4.57. The Hall–Kier alpha value is -3.95. The van der Waals surface area contributed by atoms with E-state index < -0.39 is 46.7 Å². The number of carbonyl (C=O) groups is 1. The van der Waals surface area contributed by atoms with Crippen LogP contribution in [0.4, 0.5) is 26.3 Å². The number of ether oxygens (including phenoxy) is 1. The van der Waals surface area contributed by atoms with Crippen molar-refractivity contribution in [1.29, 1.82) is 0 Å². The normalized spacial score (nSPS) is 13.0. The van der Waals surface area contributed by atoms with Gasteiger partial charge in [-0.2, -0.15) is 26.3 Å². The second-order valence-corrected chi connectivity index (χ2v) is 7.23. The zero-order chi connectivity index (χ0) is 24.5. The van der Waals surface area contributed by atoms with E-state index in [1.54, 1.807) is 36.4 Å². The van der Waals surface area contributed by atoms with Crippen molar-refractivity contribution in [1.82, 2.24) is 9.97 Å². The summed E-state index contributed by atoms with van der Waals surface area (Å²) in [5, 5.41) is 1.10. The van der Waals surface area contributed by atoms with Crippen LogP contribution in [0.3, 0.4) is 0 Å². The second-order valence-electron chi connectivity index (χ2n) is 7.23. The minimum Gasteiger partial charge on any atom is -0.449 e. The Morgan fingerprint density at radius 3 is 2.06 bits per heavy atom. The molecule has 0 fully saturated rings. The highest BCUT2D eigenvalue weighted by molar-refractivity contribution is 5.92. The largest absolute Gasteiger partial charge is 0.449 e. The lowest BCUT2D eigenvalue weighted by molar-refractivity contribution is -0.139. The van der Waals surface area contributed by atoms with Gasteiger partial charge in [0, 0.05) is 35.9 Å². The Balaban J connectivity index is 1.90. The zero-order valence-corrected chi connectivity index (χ0v) is 17.1. The van der Waals surface area contributed by atoms with Crippen LogP contribution in [0.1, 0.15) is 38.7 Å². The van der Waals surface area contributed by atoms with Crippen LogP contribution < -0.4 is 0 Å². The first-order chi connectivity index (χ1) is 16.1. The monoisotopic (exact) mass is 476 g/mol. The first-order valence-corrected chi connectivity index (χ1v) is 9.78. The maximum absolute atomic E-state index is 13.8. The highest BCUT2D eigenvalue weighted by atomic mass is 19.4. The van der Waals surface area contributed by atoms with E-state index in [0.717, 1.165) is 18.6 Å². The molecule has 4 aromatic rings. The molecule has 0 bridgehead atoms. The molecule has 34 heavy (non-hydrogen) atoms. The molecule has 2 heterocycles. The SMILES string of the molecule is O=C(OC(c1cnccc1C(F)(F)F)c1cccc2ccccc12)c1cnccc1C(F)(F)F. The van der Waals surface area contributed by atoms with Gasteiger partial charge in [0.25, 0.3) is 0 Å². The third-order valence-corrected chi connectivity index (χ3v) is 5.12. The molecule has 0 amide bonds. The topological polar surface area (TPSA) is 52.1 Å². The molecule has 174 valence electrons. The Bertz CT molecular complexity index is 1350. The Morgan fingerprint density at radius 2 is 1.35 bits per heavy atom. The van der Waals surface area contributed by atoms with Crippen molar-refractivity contribution in [3.8, 4) is 0 Å². The lowest BCUT2D eigenvalue weighted by Gasteiger charge is -2.24. The maximum atomic E-state index is 13.8. The molecule has 1 unspecified atom stereocenters. The number of hydrogen-bond donors (Lipinski definition) is 0. The minimum absolute atomic E-state index is 0.155. The van der Waals surface area contributed by atoms with Gasteiger partial charge in [-0.1, -0.05) is 42.5 Å². The van der Waals surface area contributed by atoms with Crippen molar-refractivity contribution in [3.63, 3.8) is 0 Å². The summed E-state index contributed by atoms with van der Waals surface area (Å²) in [6.45, 7) is 0. The molecule has 0 saturated heterocycles. The molecule has 4 rings (SSSR count). The average molecular weight is 476 g/mol. The van der Waals surface area contributed by atoms with Crippen LogP contribution in [-0.4, -0.2) is 15.9 Å².